The normalized spacial score (nSPS) is 3.00. The third-order valence-corrected chi connectivity index (χ3v) is 0. The van der Waals surface area contributed by atoms with E-state index in [4.69, 9.17) is 5.53 Å². The summed E-state index contributed by atoms with van der Waals surface area (Å²) in [5.74, 6) is 0. The van der Waals surface area contributed by atoms with Crippen molar-refractivity contribution < 1.29 is 19.5 Å². The van der Waals surface area contributed by atoms with Crippen LogP contribution >= 0.6 is 0 Å². The van der Waals surface area contributed by atoms with Crippen molar-refractivity contribution in [3.05, 3.63) is 7.05 Å². The van der Waals surface area contributed by atoms with E-state index in [1.807, 2.05) is 0 Å². The van der Waals surface area contributed by atoms with E-state index in [1.54, 1.807) is 0 Å². The maximum Gasteiger partial charge on any atom is 0 e. The van der Waals surface area contributed by atoms with Crippen LogP contribution < -0.4 is 0 Å². The van der Waals surface area contributed by atoms with Crippen molar-refractivity contribution in [1.29, 1.82) is 5.53 Å². The maximum atomic E-state index is 5.72. The van der Waals surface area contributed by atoms with Crippen LogP contribution in [0.4, 0.5) is 0 Å². The Balaban J connectivity index is 0. The van der Waals surface area contributed by atoms with E-state index in [-0.39, 0.29) is 19.5 Å². The van der Waals surface area contributed by atoms with Crippen LogP contribution in [0, 0.1) is 12.6 Å². The van der Waals surface area contributed by atoms with Crippen molar-refractivity contribution in [2.45, 2.75) is 0 Å². The van der Waals surface area contributed by atoms with E-state index in [2.05, 4.69) is 12.2 Å². The second-order valence-electron chi connectivity index (χ2n) is 0.158. The molecule has 2 nitrogen and oxygen atoms in total. The molecule has 0 heterocycles. The Morgan fingerprint density at radius 2 is 1.75 bits per heavy atom. The molecule has 0 radical (unpaired) electrons. The monoisotopic (exact) mass is 107 g/mol. The van der Waals surface area contributed by atoms with Crippen molar-refractivity contribution in [2.75, 3.05) is 0 Å². The fourth-order valence-electron chi connectivity index (χ4n) is 0. The largest absolute Gasteiger partial charge is 0.362 e. The van der Waals surface area contributed by atoms with Gasteiger partial charge in [-0.05, 0) is 0 Å². The fourth-order valence-corrected chi connectivity index (χ4v) is 0. The minimum absolute atomic E-state index is 0. The summed E-state index contributed by atoms with van der Waals surface area (Å²) in [6, 6.07) is 0. The number of hydrogen-bond acceptors (Lipinski definition) is 2. The molecule has 20 valence electrons. The molecule has 0 unspecified atom stereocenters. The van der Waals surface area contributed by atoms with Crippen LogP contribution in [0.2, 0.25) is 0 Å². The van der Waals surface area contributed by atoms with Gasteiger partial charge in [-0.25, -0.2) is 5.53 Å². The average molecular weight is 108 g/mol. The van der Waals surface area contributed by atoms with Gasteiger partial charge in [-0.1, -0.05) is 0 Å². The smallest absolute Gasteiger partial charge is 0 e. The second-order valence-corrected chi connectivity index (χ2v) is 0.158. The van der Waals surface area contributed by atoms with E-state index < -0.39 is 0 Å². The first-order valence-electron chi connectivity index (χ1n) is 0.540. The molecule has 0 aromatic heterocycles. The molecule has 0 saturated carbocycles. The van der Waals surface area contributed by atoms with E-state index in [0.29, 0.717) is 0 Å². The Hall–Kier alpha value is 0.0934. The SMILES string of the molecule is [CH2-]N=N.[Zn]. The summed E-state index contributed by atoms with van der Waals surface area (Å²) < 4.78 is 0. The summed E-state index contributed by atoms with van der Waals surface area (Å²) in [6.07, 6.45) is 0. The topological polar surface area (TPSA) is 36.2 Å². The molecule has 0 spiro atoms. The average Bonchev–Trinajstić information content (AvgIpc) is 0.918. The third-order valence-electron chi connectivity index (χ3n) is 0. The van der Waals surface area contributed by atoms with Gasteiger partial charge in [0.15, 0.2) is 0 Å². The quantitative estimate of drug-likeness (QED) is 0.271. The van der Waals surface area contributed by atoms with Gasteiger partial charge >= 0.3 is 0 Å². The standard InChI is InChI=1S/CH3N2.Zn/c1-3-2;/h2H,1H2;/q-1;. The minimum Gasteiger partial charge on any atom is -0.362 e. The van der Waals surface area contributed by atoms with Gasteiger partial charge in [-0.15, -0.1) is 0 Å². The van der Waals surface area contributed by atoms with Gasteiger partial charge in [-0.2, -0.15) is 0 Å². The van der Waals surface area contributed by atoms with Gasteiger partial charge in [-0.3, -0.25) is 7.05 Å². The van der Waals surface area contributed by atoms with Crippen LogP contribution in [-0.2, 0) is 19.5 Å². The number of rotatable bonds is 0. The van der Waals surface area contributed by atoms with Crippen molar-refractivity contribution in [3.63, 3.8) is 0 Å². The summed E-state index contributed by atoms with van der Waals surface area (Å²) in [6.45, 7) is 0. The molecule has 0 atom stereocenters. The molecule has 0 aliphatic carbocycles. The number of hydrogen-bond donors (Lipinski definition) is 1. The van der Waals surface area contributed by atoms with Gasteiger partial charge in [0, 0.05) is 19.5 Å². The van der Waals surface area contributed by atoms with E-state index in [1.165, 1.54) is 0 Å². The molecule has 0 aromatic rings. The molecule has 4 heavy (non-hydrogen) atoms. The van der Waals surface area contributed by atoms with Crippen LogP contribution in [0.25, 0.3) is 0 Å². The Kier molecular flexibility index (Phi) is 25.3. The zero-order valence-electron chi connectivity index (χ0n) is 2.36. The summed E-state index contributed by atoms with van der Waals surface area (Å²) in [5.41, 5.74) is 5.72. The Labute approximate surface area is 37.9 Å². The Morgan fingerprint density at radius 3 is 1.75 bits per heavy atom. The molecule has 0 amide bonds. The van der Waals surface area contributed by atoms with E-state index in [9.17, 15) is 0 Å². The van der Waals surface area contributed by atoms with E-state index in [0.717, 1.165) is 0 Å². The molecule has 0 aliphatic rings. The predicted octanol–water partition coefficient (Wildman–Crippen LogP) is 0.806. The summed E-state index contributed by atoms with van der Waals surface area (Å²) in [7, 11) is 2.78. The van der Waals surface area contributed by atoms with Gasteiger partial charge in [0.1, 0.15) is 0 Å². The summed E-state index contributed by atoms with van der Waals surface area (Å²) in [4.78, 5) is 0. The van der Waals surface area contributed by atoms with Crippen LogP contribution in [0.5, 0.6) is 0 Å². The predicted molar refractivity (Wildman–Crippen MR) is 10.5 cm³/mol. The Bertz CT molecular complexity index is 13.5. The summed E-state index contributed by atoms with van der Waals surface area (Å²) >= 11 is 0. The summed E-state index contributed by atoms with van der Waals surface area (Å²) in [5, 5.41) is 2.50. The third kappa shape index (κ3) is 287. The van der Waals surface area contributed by atoms with Crippen molar-refractivity contribution in [1.82, 2.24) is 0 Å². The molecular formula is CH3N2Zn-. The molecule has 3 heteroatoms. The molecule has 0 bridgehead atoms. The molecule has 0 fully saturated rings. The maximum absolute atomic E-state index is 5.72. The first kappa shape index (κ1) is 8.94. The fraction of sp³-hybridized carbons (Fsp3) is 0. The van der Waals surface area contributed by atoms with Crippen LogP contribution in [-0.4, -0.2) is 0 Å². The van der Waals surface area contributed by atoms with Gasteiger partial charge in [0.2, 0.25) is 0 Å². The molecule has 1 N–H and O–H groups in total. The zero-order chi connectivity index (χ0) is 2.71. The first-order chi connectivity index (χ1) is 1.41. The minimum atomic E-state index is 0. The van der Waals surface area contributed by atoms with Crippen LogP contribution in [0.1, 0.15) is 0 Å². The van der Waals surface area contributed by atoms with Crippen LogP contribution in [0.3, 0.4) is 0 Å². The molecule has 0 rings (SSSR count). The van der Waals surface area contributed by atoms with Gasteiger partial charge in [0.05, 0.1) is 0 Å². The molecular weight excluding hydrogens is 105 g/mol. The van der Waals surface area contributed by atoms with Crippen molar-refractivity contribution in [2.24, 2.45) is 5.11 Å². The Morgan fingerprint density at radius 1 is 1.75 bits per heavy atom. The number of nitrogens with zero attached hydrogens (tertiary/aromatic N) is 1. The van der Waals surface area contributed by atoms with Crippen LogP contribution in [0.15, 0.2) is 5.11 Å². The van der Waals surface area contributed by atoms with E-state index >= 15 is 0 Å². The van der Waals surface area contributed by atoms with Gasteiger partial charge < -0.3 is 5.11 Å². The van der Waals surface area contributed by atoms with Crippen molar-refractivity contribution in [3.8, 4) is 0 Å². The van der Waals surface area contributed by atoms with Gasteiger partial charge in [0.25, 0.3) is 0 Å². The molecule has 0 aliphatic heterocycles. The first-order valence-corrected chi connectivity index (χ1v) is 0.540. The second kappa shape index (κ2) is 11.3. The van der Waals surface area contributed by atoms with Crippen molar-refractivity contribution >= 4 is 0 Å². The molecule has 0 aromatic carbocycles. The zero-order valence-corrected chi connectivity index (χ0v) is 5.33. The number of nitrogens with one attached hydrogen (secondary N) is 1. The molecule has 0 saturated heterocycles.